The Morgan fingerprint density at radius 1 is 1.53 bits per heavy atom. The Morgan fingerprint density at radius 2 is 2.37 bits per heavy atom. The summed E-state index contributed by atoms with van der Waals surface area (Å²) in [5.74, 6) is -0.147. The van der Waals surface area contributed by atoms with Crippen LogP contribution in [-0.4, -0.2) is 28.5 Å². The minimum absolute atomic E-state index is 0.147. The van der Waals surface area contributed by atoms with E-state index in [0.717, 1.165) is 10.2 Å². The van der Waals surface area contributed by atoms with Gasteiger partial charge in [-0.25, -0.2) is 4.98 Å². The standard InChI is InChI=1S/C12H15BrN4OS/c13-11-2-1-9(19-11)3-5-15-12(18)10-7-17(6-4-14)8-16-10/h1-2,7-8H,3-6,14H2,(H,15,18). The van der Waals surface area contributed by atoms with E-state index in [-0.39, 0.29) is 5.91 Å². The highest BCUT2D eigenvalue weighted by Crippen LogP contribution is 2.22. The van der Waals surface area contributed by atoms with E-state index in [0.29, 0.717) is 25.3 Å². The molecule has 0 aliphatic rings. The van der Waals surface area contributed by atoms with Crippen molar-refractivity contribution in [3.05, 3.63) is 39.0 Å². The number of nitrogens with zero attached hydrogens (tertiary/aromatic N) is 2. The fourth-order valence-corrected chi connectivity index (χ4v) is 3.11. The summed E-state index contributed by atoms with van der Waals surface area (Å²) in [6.07, 6.45) is 4.16. The fourth-order valence-electron chi connectivity index (χ4n) is 1.62. The van der Waals surface area contributed by atoms with Crippen LogP contribution in [0.5, 0.6) is 0 Å². The van der Waals surface area contributed by atoms with Gasteiger partial charge in [-0.3, -0.25) is 4.79 Å². The second-order valence-corrected chi connectivity index (χ2v) is 6.54. The molecule has 7 heteroatoms. The number of halogens is 1. The highest BCUT2D eigenvalue weighted by molar-refractivity contribution is 9.11. The Labute approximate surface area is 124 Å². The van der Waals surface area contributed by atoms with Gasteiger partial charge in [0.05, 0.1) is 10.1 Å². The van der Waals surface area contributed by atoms with Crippen molar-refractivity contribution < 1.29 is 4.79 Å². The predicted molar refractivity (Wildman–Crippen MR) is 79.3 cm³/mol. The Morgan fingerprint density at radius 3 is 3.05 bits per heavy atom. The van der Waals surface area contributed by atoms with Crippen LogP contribution < -0.4 is 11.1 Å². The molecule has 0 saturated heterocycles. The van der Waals surface area contributed by atoms with E-state index in [9.17, 15) is 4.79 Å². The van der Waals surface area contributed by atoms with Crippen LogP contribution in [-0.2, 0) is 13.0 Å². The molecule has 0 aliphatic carbocycles. The van der Waals surface area contributed by atoms with Crippen molar-refractivity contribution >= 4 is 33.2 Å². The molecule has 0 aromatic carbocycles. The first-order chi connectivity index (χ1) is 9.19. The minimum Gasteiger partial charge on any atom is -0.350 e. The molecule has 2 aromatic rings. The lowest BCUT2D eigenvalue weighted by atomic mass is 10.3. The van der Waals surface area contributed by atoms with Crippen molar-refractivity contribution in [1.82, 2.24) is 14.9 Å². The van der Waals surface area contributed by atoms with Crippen LogP contribution in [0.1, 0.15) is 15.4 Å². The van der Waals surface area contributed by atoms with Crippen molar-refractivity contribution in [3.8, 4) is 0 Å². The van der Waals surface area contributed by atoms with Gasteiger partial charge in [0.25, 0.3) is 5.91 Å². The number of rotatable bonds is 6. The maximum atomic E-state index is 11.8. The Kier molecular flexibility index (Phi) is 5.12. The topological polar surface area (TPSA) is 72.9 Å². The molecular formula is C12H15BrN4OS. The summed E-state index contributed by atoms with van der Waals surface area (Å²) in [6, 6.07) is 4.06. The van der Waals surface area contributed by atoms with Gasteiger partial charge < -0.3 is 15.6 Å². The van der Waals surface area contributed by atoms with E-state index in [1.54, 1.807) is 23.9 Å². The van der Waals surface area contributed by atoms with E-state index < -0.39 is 0 Å². The van der Waals surface area contributed by atoms with Crippen LogP contribution in [0.25, 0.3) is 0 Å². The molecule has 5 nitrogen and oxygen atoms in total. The van der Waals surface area contributed by atoms with Gasteiger partial charge >= 0.3 is 0 Å². The number of hydrogen-bond acceptors (Lipinski definition) is 4. The third kappa shape index (κ3) is 4.15. The molecule has 3 N–H and O–H groups in total. The molecule has 0 fully saturated rings. The lowest BCUT2D eigenvalue weighted by Gasteiger charge is -2.01. The largest absolute Gasteiger partial charge is 0.350 e. The molecule has 0 saturated carbocycles. The number of amides is 1. The highest BCUT2D eigenvalue weighted by Gasteiger charge is 2.08. The molecule has 102 valence electrons. The van der Waals surface area contributed by atoms with Crippen molar-refractivity contribution in [1.29, 1.82) is 0 Å². The third-order valence-corrected chi connectivity index (χ3v) is 4.22. The zero-order valence-corrected chi connectivity index (χ0v) is 12.7. The van der Waals surface area contributed by atoms with E-state index in [4.69, 9.17) is 5.73 Å². The number of carbonyl (C=O) groups excluding carboxylic acids is 1. The average molecular weight is 343 g/mol. The van der Waals surface area contributed by atoms with Gasteiger partial charge in [0.1, 0.15) is 5.69 Å². The van der Waals surface area contributed by atoms with E-state index in [2.05, 4.69) is 32.3 Å². The van der Waals surface area contributed by atoms with Crippen LogP contribution in [0.3, 0.4) is 0 Å². The summed E-state index contributed by atoms with van der Waals surface area (Å²) in [5, 5.41) is 2.86. The van der Waals surface area contributed by atoms with E-state index >= 15 is 0 Å². The van der Waals surface area contributed by atoms with Crippen LogP contribution in [0.2, 0.25) is 0 Å². The average Bonchev–Trinajstić information content (AvgIpc) is 2.99. The molecule has 0 aliphatic heterocycles. The van der Waals surface area contributed by atoms with Gasteiger partial charge in [0.15, 0.2) is 0 Å². The molecule has 19 heavy (non-hydrogen) atoms. The molecular weight excluding hydrogens is 328 g/mol. The van der Waals surface area contributed by atoms with E-state index in [1.807, 2.05) is 10.6 Å². The lowest BCUT2D eigenvalue weighted by Crippen LogP contribution is -2.25. The maximum absolute atomic E-state index is 11.8. The molecule has 0 bridgehead atoms. The second-order valence-electron chi connectivity index (χ2n) is 4.00. The molecule has 0 unspecified atom stereocenters. The smallest absolute Gasteiger partial charge is 0.271 e. The number of imidazole rings is 1. The minimum atomic E-state index is -0.147. The maximum Gasteiger partial charge on any atom is 0.271 e. The fraction of sp³-hybridized carbons (Fsp3) is 0.333. The zero-order valence-electron chi connectivity index (χ0n) is 10.3. The van der Waals surface area contributed by atoms with Crippen molar-refractivity contribution in [3.63, 3.8) is 0 Å². The van der Waals surface area contributed by atoms with Gasteiger partial charge in [-0.1, -0.05) is 0 Å². The predicted octanol–water partition coefficient (Wildman–Crippen LogP) is 1.64. The van der Waals surface area contributed by atoms with Gasteiger partial charge in [-0.2, -0.15) is 0 Å². The first-order valence-electron chi connectivity index (χ1n) is 5.93. The first-order valence-corrected chi connectivity index (χ1v) is 7.54. The molecule has 2 aromatic heterocycles. The molecule has 0 spiro atoms. The normalized spacial score (nSPS) is 10.6. The number of carbonyl (C=O) groups is 1. The van der Waals surface area contributed by atoms with Crippen molar-refractivity contribution in [2.75, 3.05) is 13.1 Å². The summed E-state index contributed by atoms with van der Waals surface area (Å²) < 4.78 is 2.92. The summed E-state index contributed by atoms with van der Waals surface area (Å²) in [5.41, 5.74) is 5.87. The first kappa shape index (κ1) is 14.2. The van der Waals surface area contributed by atoms with Crippen LogP contribution in [0.4, 0.5) is 0 Å². The summed E-state index contributed by atoms with van der Waals surface area (Å²) >= 11 is 5.09. The van der Waals surface area contributed by atoms with Crippen LogP contribution in [0.15, 0.2) is 28.4 Å². The quantitative estimate of drug-likeness (QED) is 0.838. The van der Waals surface area contributed by atoms with Crippen LogP contribution in [0, 0.1) is 0 Å². The van der Waals surface area contributed by atoms with Gasteiger partial charge in [0.2, 0.25) is 0 Å². The SMILES string of the molecule is NCCn1cnc(C(=O)NCCc2ccc(Br)s2)c1. The highest BCUT2D eigenvalue weighted by atomic mass is 79.9. The summed E-state index contributed by atoms with van der Waals surface area (Å²) in [7, 11) is 0. The van der Waals surface area contributed by atoms with Gasteiger partial charge in [0, 0.05) is 30.7 Å². The Balaban J connectivity index is 1.80. The van der Waals surface area contributed by atoms with E-state index in [1.165, 1.54) is 4.88 Å². The van der Waals surface area contributed by atoms with Crippen molar-refractivity contribution in [2.45, 2.75) is 13.0 Å². The number of nitrogens with one attached hydrogen (secondary N) is 1. The number of aromatic nitrogens is 2. The lowest BCUT2D eigenvalue weighted by molar-refractivity contribution is 0.0949. The van der Waals surface area contributed by atoms with Crippen molar-refractivity contribution in [2.24, 2.45) is 5.73 Å². The molecule has 1 amide bonds. The molecule has 2 rings (SSSR count). The third-order valence-electron chi connectivity index (χ3n) is 2.54. The summed E-state index contributed by atoms with van der Waals surface area (Å²) in [6.45, 7) is 1.81. The zero-order chi connectivity index (χ0) is 13.7. The van der Waals surface area contributed by atoms with Gasteiger partial charge in [-0.05, 0) is 34.5 Å². The Hall–Kier alpha value is -1.18. The van der Waals surface area contributed by atoms with Gasteiger partial charge in [-0.15, -0.1) is 11.3 Å². The molecule has 0 radical (unpaired) electrons. The number of hydrogen-bond donors (Lipinski definition) is 2. The number of thiophene rings is 1. The molecule has 0 atom stereocenters. The Bertz CT molecular complexity index is 551. The second kappa shape index (κ2) is 6.83. The number of nitrogens with two attached hydrogens (primary N) is 1. The summed E-state index contributed by atoms with van der Waals surface area (Å²) in [4.78, 5) is 17.1. The molecule has 2 heterocycles. The van der Waals surface area contributed by atoms with Crippen LogP contribution >= 0.6 is 27.3 Å². The monoisotopic (exact) mass is 342 g/mol.